The first-order valence-electron chi connectivity index (χ1n) is 12.5. The van der Waals surface area contributed by atoms with Crippen molar-refractivity contribution in [1.82, 2.24) is 15.5 Å². The number of imide groups is 1. The van der Waals surface area contributed by atoms with Crippen LogP contribution in [-0.2, 0) is 19.2 Å². The number of carboxylic acids is 1. The molecule has 1 aromatic rings. The molecule has 0 aromatic heterocycles. The van der Waals surface area contributed by atoms with Gasteiger partial charge in [-0.1, -0.05) is 25.0 Å². The molecule has 14 heteroatoms. The third-order valence-corrected chi connectivity index (χ3v) is 6.47. The van der Waals surface area contributed by atoms with Gasteiger partial charge in [-0.05, 0) is 45.7 Å². The van der Waals surface area contributed by atoms with E-state index in [1.807, 2.05) is 5.32 Å². The van der Waals surface area contributed by atoms with Crippen LogP contribution in [0.25, 0.3) is 0 Å². The third-order valence-electron chi connectivity index (χ3n) is 6.47. The molecule has 0 fully saturated rings. The number of hydrogen-bond acceptors (Lipinski definition) is 7. The summed E-state index contributed by atoms with van der Waals surface area (Å²) in [5, 5.41) is 23.1. The highest BCUT2D eigenvalue weighted by Gasteiger charge is 2.51. The third kappa shape index (κ3) is 8.10. The Morgan fingerprint density at radius 3 is 1.98 bits per heavy atom. The molecule has 2 atom stereocenters. The lowest BCUT2D eigenvalue weighted by Crippen LogP contribution is -2.53. The number of carbonyl (C=O) groups excluding carboxylic acids is 5. The van der Waals surface area contributed by atoms with Crippen LogP contribution >= 0.6 is 0 Å². The average Bonchev–Trinajstić information content (AvgIpc) is 3.06. The fraction of sp³-hybridized carbons (Fsp3) is 0.538. The zero-order valence-electron chi connectivity index (χ0n) is 22.3. The maximum Gasteiger partial charge on any atom is 0.417 e. The van der Waals surface area contributed by atoms with Gasteiger partial charge in [-0.15, -0.1) is 0 Å². The molecular formula is C26H32F3N3O8. The first-order valence-corrected chi connectivity index (χ1v) is 12.5. The van der Waals surface area contributed by atoms with E-state index in [9.17, 15) is 52.2 Å². The minimum Gasteiger partial charge on any atom is -0.480 e. The Labute approximate surface area is 228 Å². The van der Waals surface area contributed by atoms with Gasteiger partial charge in [0.1, 0.15) is 12.6 Å². The number of aliphatic hydroxyl groups is 1. The van der Waals surface area contributed by atoms with Crippen molar-refractivity contribution in [2.45, 2.75) is 82.7 Å². The number of unbranched alkanes of at least 4 members (excludes halogenated alkanes) is 2. The van der Waals surface area contributed by atoms with Crippen LogP contribution in [0.5, 0.6) is 0 Å². The quantitative estimate of drug-likeness (QED) is 0.194. The van der Waals surface area contributed by atoms with Crippen LogP contribution in [0.4, 0.5) is 13.2 Å². The van der Waals surface area contributed by atoms with Crippen molar-refractivity contribution >= 4 is 35.4 Å². The standard InChI is InChI=1S/C26H32F3N3O8/c1-24(2,31-20(35)14-32-21(36)15-9-7-8-10-16(15)22(32)37)18(33)12-6-4-5-11-17(23(38)39)30-19(34)13-25(3,40)26(27,28)29/h7-10,17,40H,4-6,11-14H2,1-3H3,(H,30,34)(H,31,35)(H,38,39)/t17-,25?/m0/s1. The zero-order chi connectivity index (χ0) is 30.5. The van der Waals surface area contributed by atoms with Gasteiger partial charge in [0.25, 0.3) is 11.8 Å². The second-order valence-electron chi connectivity index (χ2n) is 10.3. The molecule has 0 spiro atoms. The fourth-order valence-electron chi connectivity index (χ4n) is 4.02. The summed E-state index contributed by atoms with van der Waals surface area (Å²) in [4.78, 5) is 74.1. The summed E-state index contributed by atoms with van der Waals surface area (Å²) >= 11 is 0. The number of fused-ring (bicyclic) bond motifs is 1. The Morgan fingerprint density at radius 2 is 1.48 bits per heavy atom. The molecule has 1 unspecified atom stereocenters. The Morgan fingerprint density at radius 1 is 0.925 bits per heavy atom. The number of amides is 4. The van der Waals surface area contributed by atoms with Crippen molar-refractivity contribution < 1.29 is 52.2 Å². The number of hydrogen-bond donors (Lipinski definition) is 4. The average molecular weight is 572 g/mol. The monoisotopic (exact) mass is 571 g/mol. The Balaban J connectivity index is 1.78. The van der Waals surface area contributed by atoms with Gasteiger partial charge in [-0.3, -0.25) is 28.9 Å². The smallest absolute Gasteiger partial charge is 0.417 e. The van der Waals surface area contributed by atoms with Gasteiger partial charge in [-0.25, -0.2) is 4.79 Å². The number of halogens is 3. The molecule has 40 heavy (non-hydrogen) atoms. The van der Waals surface area contributed by atoms with Gasteiger partial charge >= 0.3 is 12.1 Å². The number of Topliss-reactive ketones (excluding diaryl/α,β-unsaturated/α-hetero) is 1. The van der Waals surface area contributed by atoms with Crippen LogP contribution in [0.3, 0.4) is 0 Å². The molecule has 11 nitrogen and oxygen atoms in total. The van der Waals surface area contributed by atoms with E-state index in [1.54, 1.807) is 12.1 Å². The number of carboxylic acid groups (broad SMARTS) is 1. The molecule has 4 N–H and O–H groups in total. The van der Waals surface area contributed by atoms with Crippen molar-refractivity contribution in [3.63, 3.8) is 0 Å². The van der Waals surface area contributed by atoms with Crippen molar-refractivity contribution in [3.05, 3.63) is 35.4 Å². The molecule has 1 heterocycles. The van der Waals surface area contributed by atoms with Crippen LogP contribution in [0, 0.1) is 0 Å². The maximum atomic E-state index is 12.7. The first kappa shape index (κ1) is 32.4. The lowest BCUT2D eigenvalue weighted by atomic mass is 9.94. The zero-order valence-corrected chi connectivity index (χ0v) is 22.3. The minimum absolute atomic E-state index is 0.00115. The van der Waals surface area contributed by atoms with Crippen LogP contribution < -0.4 is 10.6 Å². The maximum absolute atomic E-state index is 12.7. The molecule has 0 saturated carbocycles. The van der Waals surface area contributed by atoms with E-state index < -0.39 is 65.9 Å². The largest absolute Gasteiger partial charge is 0.480 e. The summed E-state index contributed by atoms with van der Waals surface area (Å²) in [5.41, 5.74) is -4.27. The Bertz CT molecular complexity index is 1140. The lowest BCUT2D eigenvalue weighted by Gasteiger charge is -2.26. The van der Waals surface area contributed by atoms with E-state index in [2.05, 4.69) is 5.32 Å². The number of carbonyl (C=O) groups is 6. The van der Waals surface area contributed by atoms with E-state index in [-0.39, 0.29) is 36.2 Å². The number of ketones is 1. The van der Waals surface area contributed by atoms with Gasteiger partial charge in [0.05, 0.1) is 23.1 Å². The number of nitrogens with zero attached hydrogens (tertiary/aromatic N) is 1. The van der Waals surface area contributed by atoms with E-state index >= 15 is 0 Å². The van der Waals surface area contributed by atoms with Crippen molar-refractivity contribution in [3.8, 4) is 0 Å². The number of nitrogens with one attached hydrogen (secondary N) is 2. The molecule has 0 radical (unpaired) electrons. The van der Waals surface area contributed by atoms with Crippen LogP contribution in [0.1, 0.15) is 80.0 Å². The molecule has 1 aliphatic heterocycles. The van der Waals surface area contributed by atoms with Gasteiger partial charge in [0.15, 0.2) is 11.4 Å². The van der Waals surface area contributed by atoms with E-state index in [4.69, 9.17) is 0 Å². The Kier molecular flexibility index (Phi) is 10.2. The SMILES string of the molecule is CC(C)(NC(=O)CN1C(=O)c2ccccc2C1=O)C(=O)CCCCC[C@H](NC(=O)CC(C)(O)C(F)(F)F)C(=O)O. The molecule has 0 aliphatic carbocycles. The Hall–Kier alpha value is -3.81. The van der Waals surface area contributed by atoms with E-state index in [0.29, 0.717) is 19.8 Å². The van der Waals surface area contributed by atoms with Crippen molar-refractivity contribution in [2.75, 3.05) is 6.54 Å². The molecule has 1 aliphatic rings. The molecule has 0 saturated heterocycles. The number of benzene rings is 1. The summed E-state index contributed by atoms with van der Waals surface area (Å²) in [6.07, 6.45) is -5.71. The van der Waals surface area contributed by atoms with Crippen molar-refractivity contribution in [1.29, 1.82) is 0 Å². The lowest BCUT2D eigenvalue weighted by molar-refractivity contribution is -0.253. The highest BCUT2D eigenvalue weighted by Crippen LogP contribution is 2.32. The highest BCUT2D eigenvalue weighted by molar-refractivity contribution is 6.22. The molecule has 4 amide bonds. The second-order valence-corrected chi connectivity index (χ2v) is 10.3. The van der Waals surface area contributed by atoms with Gasteiger partial charge in [-0.2, -0.15) is 13.2 Å². The molecular weight excluding hydrogens is 539 g/mol. The normalized spacial score (nSPS) is 15.7. The minimum atomic E-state index is -5.07. The molecule has 2 rings (SSSR count). The van der Waals surface area contributed by atoms with Crippen LogP contribution in [-0.4, -0.2) is 80.4 Å². The topological polar surface area (TPSA) is 170 Å². The van der Waals surface area contributed by atoms with Gasteiger partial charge < -0.3 is 20.8 Å². The summed E-state index contributed by atoms with van der Waals surface area (Å²) < 4.78 is 38.2. The highest BCUT2D eigenvalue weighted by atomic mass is 19.4. The predicted octanol–water partition coefficient (Wildman–Crippen LogP) is 1.97. The fourth-order valence-corrected chi connectivity index (χ4v) is 4.02. The molecule has 220 valence electrons. The summed E-state index contributed by atoms with van der Waals surface area (Å²) in [6, 6.07) is 4.66. The van der Waals surface area contributed by atoms with Crippen LogP contribution in [0.2, 0.25) is 0 Å². The summed E-state index contributed by atoms with van der Waals surface area (Å²) in [5.74, 6) is -5.03. The van der Waals surface area contributed by atoms with E-state index in [0.717, 1.165) is 4.90 Å². The summed E-state index contributed by atoms with van der Waals surface area (Å²) in [7, 11) is 0. The molecule has 1 aromatic carbocycles. The van der Waals surface area contributed by atoms with Gasteiger partial charge in [0, 0.05) is 6.42 Å². The number of aliphatic carboxylic acids is 1. The number of rotatable bonds is 14. The van der Waals surface area contributed by atoms with Gasteiger partial charge in [0.2, 0.25) is 11.8 Å². The van der Waals surface area contributed by atoms with Crippen LogP contribution in [0.15, 0.2) is 24.3 Å². The predicted molar refractivity (Wildman–Crippen MR) is 133 cm³/mol. The van der Waals surface area contributed by atoms with Crippen molar-refractivity contribution in [2.24, 2.45) is 0 Å². The first-order chi connectivity index (χ1) is 18.4. The molecule has 0 bridgehead atoms. The van der Waals surface area contributed by atoms with E-state index in [1.165, 1.54) is 26.0 Å². The second kappa shape index (κ2) is 12.6. The summed E-state index contributed by atoms with van der Waals surface area (Å²) in [6.45, 7) is 2.76. The number of alkyl halides is 3.